The fraction of sp³-hybridized carbons (Fsp3) is 0.909. The van der Waals surface area contributed by atoms with Gasteiger partial charge in [-0.25, -0.2) is 8.42 Å². The van der Waals surface area contributed by atoms with E-state index in [2.05, 4.69) is 5.32 Å². The quantitative estimate of drug-likeness (QED) is 0.734. The minimum Gasteiger partial charge on any atom is -0.339 e. The summed E-state index contributed by atoms with van der Waals surface area (Å²) in [6, 6.07) is -0.219. The van der Waals surface area contributed by atoms with E-state index in [0.29, 0.717) is 32.6 Å². The second-order valence-corrected chi connectivity index (χ2v) is 6.64. The van der Waals surface area contributed by atoms with E-state index in [0.717, 1.165) is 0 Å². The van der Waals surface area contributed by atoms with Gasteiger partial charge >= 0.3 is 0 Å². The zero-order valence-electron chi connectivity index (χ0n) is 11.3. The van der Waals surface area contributed by atoms with Crippen molar-refractivity contribution < 1.29 is 13.2 Å². The molecule has 0 aromatic rings. The van der Waals surface area contributed by atoms with E-state index in [-0.39, 0.29) is 17.7 Å². The Balaban J connectivity index is 2.54. The van der Waals surface area contributed by atoms with Crippen molar-refractivity contribution in [3.05, 3.63) is 0 Å². The normalized spacial score (nSPS) is 19.8. The van der Waals surface area contributed by atoms with Crippen molar-refractivity contribution in [2.45, 2.75) is 26.3 Å². The molecular formula is C11H23N3O3S. The molecule has 6 nitrogen and oxygen atoms in total. The molecule has 106 valence electrons. The molecule has 1 atom stereocenters. The largest absolute Gasteiger partial charge is 0.339 e. The molecule has 1 unspecified atom stereocenters. The van der Waals surface area contributed by atoms with E-state index in [1.54, 1.807) is 11.9 Å². The number of carbonyl (C=O) groups excluding carboxylic acids is 1. The van der Waals surface area contributed by atoms with Gasteiger partial charge in [0, 0.05) is 26.2 Å². The first kappa shape index (κ1) is 15.4. The van der Waals surface area contributed by atoms with Crippen LogP contribution in [0.25, 0.3) is 0 Å². The summed E-state index contributed by atoms with van der Waals surface area (Å²) in [6.07, 6.45) is 0.623. The third-order valence-electron chi connectivity index (χ3n) is 3.21. The van der Waals surface area contributed by atoms with Crippen LogP contribution in [0.5, 0.6) is 0 Å². The van der Waals surface area contributed by atoms with E-state index in [9.17, 15) is 13.2 Å². The number of rotatable bonds is 5. The summed E-state index contributed by atoms with van der Waals surface area (Å²) >= 11 is 0. The van der Waals surface area contributed by atoms with Gasteiger partial charge in [0.05, 0.1) is 11.8 Å². The number of amides is 1. The maximum atomic E-state index is 11.9. The molecule has 0 bridgehead atoms. The van der Waals surface area contributed by atoms with E-state index < -0.39 is 10.0 Å². The zero-order valence-corrected chi connectivity index (χ0v) is 12.2. The third kappa shape index (κ3) is 3.66. The van der Waals surface area contributed by atoms with E-state index in [1.165, 1.54) is 4.31 Å². The molecule has 1 aliphatic heterocycles. The van der Waals surface area contributed by atoms with Crippen LogP contribution in [0.3, 0.4) is 0 Å². The lowest BCUT2D eigenvalue weighted by molar-refractivity contribution is -0.134. The summed E-state index contributed by atoms with van der Waals surface area (Å²) in [6.45, 7) is 5.44. The Labute approximate surface area is 109 Å². The van der Waals surface area contributed by atoms with Crippen molar-refractivity contribution in [3.63, 3.8) is 0 Å². The number of nitrogens with one attached hydrogen (secondary N) is 1. The highest BCUT2D eigenvalue weighted by Gasteiger charge is 2.29. The van der Waals surface area contributed by atoms with E-state index in [1.807, 2.05) is 13.8 Å². The Morgan fingerprint density at radius 2 is 1.83 bits per heavy atom. The molecule has 7 heteroatoms. The predicted molar refractivity (Wildman–Crippen MR) is 70.8 cm³/mol. The lowest BCUT2D eigenvalue weighted by atomic mass is 10.2. The fourth-order valence-electron chi connectivity index (χ4n) is 1.97. The highest BCUT2D eigenvalue weighted by atomic mass is 32.2. The molecule has 0 aromatic carbocycles. The fourth-order valence-corrected chi connectivity index (χ4v) is 3.46. The maximum Gasteiger partial charge on any atom is 0.239 e. The minimum absolute atomic E-state index is 0.0324. The predicted octanol–water partition coefficient (Wildman–Crippen LogP) is -0.522. The first-order valence-corrected chi connectivity index (χ1v) is 7.97. The second kappa shape index (κ2) is 6.49. The standard InChI is InChI=1S/C11H23N3O3S/c1-4-9-18(16,17)14-7-5-13(6-8-14)11(15)10(2)12-3/h10,12H,4-9H2,1-3H3. The number of likely N-dealkylation sites (N-methyl/N-ethyl adjacent to an activating group) is 1. The van der Waals surface area contributed by atoms with Gasteiger partial charge in [-0.05, 0) is 20.4 Å². The van der Waals surface area contributed by atoms with Gasteiger partial charge in [0.2, 0.25) is 15.9 Å². The molecule has 1 saturated heterocycles. The summed E-state index contributed by atoms with van der Waals surface area (Å²) in [5, 5.41) is 2.90. The lowest BCUT2D eigenvalue weighted by Crippen LogP contribution is -2.54. The number of nitrogens with zero attached hydrogens (tertiary/aromatic N) is 2. The number of carbonyl (C=O) groups is 1. The summed E-state index contributed by atoms with van der Waals surface area (Å²) in [7, 11) is -1.39. The Morgan fingerprint density at radius 1 is 1.28 bits per heavy atom. The van der Waals surface area contributed by atoms with Crippen LogP contribution in [-0.2, 0) is 14.8 Å². The van der Waals surface area contributed by atoms with Gasteiger partial charge in [-0.15, -0.1) is 0 Å². The molecule has 1 fully saturated rings. The van der Waals surface area contributed by atoms with Crippen molar-refractivity contribution >= 4 is 15.9 Å². The van der Waals surface area contributed by atoms with Crippen molar-refractivity contribution in [1.82, 2.24) is 14.5 Å². The molecule has 0 aliphatic carbocycles. The monoisotopic (exact) mass is 277 g/mol. The van der Waals surface area contributed by atoms with Gasteiger partial charge in [0.15, 0.2) is 0 Å². The molecule has 0 spiro atoms. The van der Waals surface area contributed by atoms with Gasteiger partial charge in [0.25, 0.3) is 0 Å². The Bertz CT molecular complexity index is 375. The number of hydrogen-bond acceptors (Lipinski definition) is 4. The van der Waals surface area contributed by atoms with Gasteiger partial charge in [-0.3, -0.25) is 4.79 Å². The highest BCUT2D eigenvalue weighted by Crippen LogP contribution is 2.10. The van der Waals surface area contributed by atoms with Crippen LogP contribution in [-0.4, -0.2) is 68.6 Å². The summed E-state index contributed by atoms with van der Waals surface area (Å²) in [5.41, 5.74) is 0. The van der Waals surface area contributed by atoms with Crippen molar-refractivity contribution in [2.24, 2.45) is 0 Å². The second-order valence-electron chi connectivity index (χ2n) is 4.55. The molecule has 1 aliphatic rings. The van der Waals surface area contributed by atoms with Crippen LogP contribution < -0.4 is 5.32 Å². The van der Waals surface area contributed by atoms with Gasteiger partial charge < -0.3 is 10.2 Å². The lowest BCUT2D eigenvalue weighted by Gasteiger charge is -2.35. The van der Waals surface area contributed by atoms with Crippen LogP contribution >= 0.6 is 0 Å². The van der Waals surface area contributed by atoms with Crippen LogP contribution in [0.15, 0.2) is 0 Å². The number of piperazine rings is 1. The molecule has 1 rings (SSSR count). The molecule has 0 radical (unpaired) electrons. The molecule has 18 heavy (non-hydrogen) atoms. The maximum absolute atomic E-state index is 11.9. The molecule has 1 N–H and O–H groups in total. The first-order chi connectivity index (χ1) is 8.42. The van der Waals surface area contributed by atoms with Crippen molar-refractivity contribution in [2.75, 3.05) is 39.0 Å². The van der Waals surface area contributed by atoms with Gasteiger partial charge in [-0.2, -0.15) is 4.31 Å². The average molecular weight is 277 g/mol. The highest BCUT2D eigenvalue weighted by molar-refractivity contribution is 7.89. The van der Waals surface area contributed by atoms with Gasteiger partial charge in [0.1, 0.15) is 0 Å². The third-order valence-corrected chi connectivity index (χ3v) is 5.29. The zero-order chi connectivity index (χ0) is 13.8. The summed E-state index contributed by atoms with van der Waals surface area (Å²) < 4.78 is 25.2. The molecule has 0 saturated carbocycles. The molecule has 1 amide bonds. The number of hydrogen-bond donors (Lipinski definition) is 1. The molecule has 1 heterocycles. The average Bonchev–Trinajstić information content (AvgIpc) is 2.37. The van der Waals surface area contributed by atoms with Crippen LogP contribution in [0.2, 0.25) is 0 Å². The molecule has 0 aromatic heterocycles. The number of sulfonamides is 1. The van der Waals surface area contributed by atoms with Crippen molar-refractivity contribution in [1.29, 1.82) is 0 Å². The Kier molecular flexibility index (Phi) is 5.55. The molecular weight excluding hydrogens is 254 g/mol. The summed E-state index contributed by atoms with van der Waals surface area (Å²) in [5.74, 6) is 0.221. The first-order valence-electron chi connectivity index (χ1n) is 6.36. The Hall–Kier alpha value is -0.660. The van der Waals surface area contributed by atoms with E-state index >= 15 is 0 Å². The summed E-state index contributed by atoms with van der Waals surface area (Å²) in [4.78, 5) is 13.6. The van der Waals surface area contributed by atoms with Gasteiger partial charge in [-0.1, -0.05) is 6.92 Å². The SMILES string of the molecule is CCCS(=O)(=O)N1CCN(C(=O)C(C)NC)CC1. The topological polar surface area (TPSA) is 69.7 Å². The van der Waals surface area contributed by atoms with E-state index in [4.69, 9.17) is 0 Å². The van der Waals surface area contributed by atoms with Crippen LogP contribution in [0, 0.1) is 0 Å². The minimum atomic E-state index is -3.13. The van der Waals surface area contributed by atoms with Crippen molar-refractivity contribution in [3.8, 4) is 0 Å². The van der Waals surface area contributed by atoms with Crippen LogP contribution in [0.1, 0.15) is 20.3 Å². The van der Waals surface area contributed by atoms with Crippen LogP contribution in [0.4, 0.5) is 0 Å². The Morgan fingerprint density at radius 3 is 2.28 bits per heavy atom. The smallest absolute Gasteiger partial charge is 0.239 e.